The van der Waals surface area contributed by atoms with Crippen molar-refractivity contribution >= 4 is 22.4 Å². The third-order valence-corrected chi connectivity index (χ3v) is 7.06. The summed E-state index contributed by atoms with van der Waals surface area (Å²) in [6.45, 7) is 4.91. The van der Waals surface area contributed by atoms with Gasteiger partial charge in [0.05, 0.1) is 11.4 Å². The summed E-state index contributed by atoms with van der Waals surface area (Å²) in [5, 5.41) is 4.25. The first-order valence-corrected chi connectivity index (χ1v) is 9.55. The van der Waals surface area contributed by atoms with E-state index in [2.05, 4.69) is 5.10 Å². The molecular weight excluding hydrogens is 360 g/mol. The van der Waals surface area contributed by atoms with Crippen LogP contribution in [0.4, 0.5) is 0 Å². The van der Waals surface area contributed by atoms with E-state index in [9.17, 15) is 8.42 Å². The maximum atomic E-state index is 13.2. The zero-order chi connectivity index (χ0) is 17.5. The van der Waals surface area contributed by atoms with E-state index in [4.69, 9.17) is 5.73 Å². The third-order valence-electron chi connectivity index (χ3n) is 4.98. The number of hydrogen-bond donors (Lipinski definition) is 1. The van der Waals surface area contributed by atoms with Crippen molar-refractivity contribution in [2.75, 3.05) is 19.6 Å². The van der Waals surface area contributed by atoms with Crippen molar-refractivity contribution in [3.63, 3.8) is 0 Å². The summed E-state index contributed by atoms with van der Waals surface area (Å²) in [4.78, 5) is 0.328. The summed E-state index contributed by atoms with van der Waals surface area (Å²) in [6, 6.07) is 10.0. The summed E-state index contributed by atoms with van der Waals surface area (Å²) in [7, 11) is -1.80. The standard InChI is InChI=1S/C17H24N4O2S.ClH/c1-12-17(13(2)20(3)19-12)24(22,23)21-10-15(9-18)16(11-21)14-7-5-4-6-8-14;/h4-8,15-16H,9-11,18H2,1-3H3;1H/t15-,16+;/m1./s1. The lowest BCUT2D eigenvalue weighted by Gasteiger charge is -2.17. The van der Waals surface area contributed by atoms with Gasteiger partial charge in [-0.15, -0.1) is 12.4 Å². The normalized spacial score (nSPS) is 21.3. The molecule has 0 radical (unpaired) electrons. The molecule has 2 aromatic rings. The van der Waals surface area contributed by atoms with Crippen molar-refractivity contribution in [3.8, 4) is 0 Å². The van der Waals surface area contributed by atoms with Crippen LogP contribution in [0.1, 0.15) is 22.9 Å². The fraction of sp³-hybridized carbons (Fsp3) is 0.471. The van der Waals surface area contributed by atoms with E-state index in [1.807, 2.05) is 30.3 Å². The number of aromatic nitrogens is 2. The molecule has 0 unspecified atom stereocenters. The quantitative estimate of drug-likeness (QED) is 0.871. The number of hydrogen-bond acceptors (Lipinski definition) is 4. The SMILES string of the molecule is Cc1nn(C)c(C)c1S(=O)(=O)N1C[C@@H](CN)[C@H](c2ccccc2)C1.Cl. The average Bonchev–Trinajstić information content (AvgIpc) is 3.10. The number of nitrogens with two attached hydrogens (primary N) is 1. The monoisotopic (exact) mass is 384 g/mol. The van der Waals surface area contributed by atoms with Crippen LogP contribution in [0.15, 0.2) is 35.2 Å². The van der Waals surface area contributed by atoms with Gasteiger partial charge in [-0.3, -0.25) is 4.68 Å². The minimum absolute atomic E-state index is 0. The van der Waals surface area contributed by atoms with Gasteiger partial charge in [0.1, 0.15) is 4.90 Å². The van der Waals surface area contributed by atoms with Crippen LogP contribution in [-0.4, -0.2) is 42.1 Å². The molecule has 0 saturated carbocycles. The van der Waals surface area contributed by atoms with E-state index in [1.54, 1.807) is 29.9 Å². The molecule has 1 saturated heterocycles. The molecule has 2 atom stereocenters. The number of halogens is 1. The molecule has 1 aliphatic heterocycles. The van der Waals surface area contributed by atoms with Gasteiger partial charge in [-0.2, -0.15) is 9.40 Å². The van der Waals surface area contributed by atoms with Crippen LogP contribution >= 0.6 is 12.4 Å². The van der Waals surface area contributed by atoms with Crippen LogP contribution in [-0.2, 0) is 17.1 Å². The summed E-state index contributed by atoms with van der Waals surface area (Å²) in [6.07, 6.45) is 0. The largest absolute Gasteiger partial charge is 0.330 e. The number of sulfonamides is 1. The lowest BCUT2D eigenvalue weighted by molar-refractivity contribution is 0.458. The predicted octanol–water partition coefficient (Wildman–Crippen LogP) is 1.82. The van der Waals surface area contributed by atoms with Crippen LogP contribution in [0.3, 0.4) is 0 Å². The molecule has 0 amide bonds. The maximum absolute atomic E-state index is 13.2. The zero-order valence-corrected chi connectivity index (χ0v) is 16.3. The molecule has 3 rings (SSSR count). The number of benzene rings is 1. The first-order valence-electron chi connectivity index (χ1n) is 8.11. The first kappa shape index (κ1) is 19.9. The predicted molar refractivity (Wildman–Crippen MR) is 100 cm³/mol. The molecule has 0 aliphatic carbocycles. The van der Waals surface area contributed by atoms with Crippen molar-refractivity contribution in [2.45, 2.75) is 24.7 Å². The number of nitrogens with zero attached hydrogens (tertiary/aromatic N) is 3. The van der Waals surface area contributed by atoms with Gasteiger partial charge < -0.3 is 5.73 Å². The molecule has 0 bridgehead atoms. The van der Waals surface area contributed by atoms with Crippen LogP contribution in [0.2, 0.25) is 0 Å². The Kier molecular flexibility index (Phi) is 5.93. The van der Waals surface area contributed by atoms with Gasteiger partial charge in [0, 0.05) is 26.1 Å². The smallest absolute Gasteiger partial charge is 0.246 e. The van der Waals surface area contributed by atoms with Crippen LogP contribution in [0.5, 0.6) is 0 Å². The van der Waals surface area contributed by atoms with Crippen LogP contribution < -0.4 is 5.73 Å². The highest BCUT2D eigenvalue weighted by molar-refractivity contribution is 7.89. The number of aryl methyl sites for hydroxylation is 2. The molecule has 25 heavy (non-hydrogen) atoms. The summed E-state index contributed by atoms with van der Waals surface area (Å²) in [5.41, 5.74) is 8.29. The van der Waals surface area contributed by atoms with Crippen molar-refractivity contribution in [3.05, 3.63) is 47.3 Å². The highest BCUT2D eigenvalue weighted by Crippen LogP contribution is 2.36. The molecular formula is C17H25ClN4O2S. The Hall–Kier alpha value is -1.41. The van der Waals surface area contributed by atoms with Crippen LogP contribution in [0, 0.1) is 19.8 Å². The first-order chi connectivity index (χ1) is 11.4. The van der Waals surface area contributed by atoms with Crippen molar-refractivity contribution < 1.29 is 8.42 Å². The molecule has 6 nitrogen and oxygen atoms in total. The van der Waals surface area contributed by atoms with E-state index in [1.165, 1.54) is 0 Å². The molecule has 1 aromatic carbocycles. The molecule has 138 valence electrons. The van der Waals surface area contributed by atoms with Crippen molar-refractivity contribution in [1.29, 1.82) is 0 Å². The molecule has 2 N–H and O–H groups in total. The van der Waals surface area contributed by atoms with Gasteiger partial charge in [-0.05, 0) is 31.9 Å². The summed E-state index contributed by atoms with van der Waals surface area (Å²) < 4.78 is 29.5. The van der Waals surface area contributed by atoms with Gasteiger partial charge in [0.2, 0.25) is 10.0 Å². The molecule has 0 spiro atoms. The maximum Gasteiger partial charge on any atom is 0.246 e. The highest BCUT2D eigenvalue weighted by Gasteiger charge is 2.41. The minimum atomic E-state index is -3.57. The summed E-state index contributed by atoms with van der Waals surface area (Å²) in [5.74, 6) is 0.253. The second-order valence-corrected chi connectivity index (χ2v) is 8.33. The molecule has 1 aliphatic rings. The lowest BCUT2D eigenvalue weighted by atomic mass is 9.89. The Bertz CT molecular complexity index is 836. The molecule has 2 heterocycles. The molecule has 8 heteroatoms. The van der Waals surface area contributed by atoms with Crippen molar-refractivity contribution in [2.24, 2.45) is 18.7 Å². The van der Waals surface area contributed by atoms with Gasteiger partial charge in [0.25, 0.3) is 0 Å². The fourth-order valence-corrected chi connectivity index (χ4v) is 5.52. The average molecular weight is 385 g/mol. The zero-order valence-electron chi connectivity index (χ0n) is 14.7. The van der Waals surface area contributed by atoms with Crippen molar-refractivity contribution in [1.82, 2.24) is 14.1 Å². The van der Waals surface area contributed by atoms with E-state index in [-0.39, 0.29) is 24.2 Å². The van der Waals surface area contributed by atoms with E-state index in [0.29, 0.717) is 35.9 Å². The lowest BCUT2D eigenvalue weighted by Crippen LogP contribution is -2.30. The second kappa shape index (κ2) is 7.45. The Labute approximate surface area is 155 Å². The van der Waals surface area contributed by atoms with Gasteiger partial charge in [-0.1, -0.05) is 30.3 Å². The van der Waals surface area contributed by atoms with Gasteiger partial charge >= 0.3 is 0 Å². The third kappa shape index (κ3) is 3.46. The minimum Gasteiger partial charge on any atom is -0.330 e. The Morgan fingerprint density at radius 1 is 1.20 bits per heavy atom. The van der Waals surface area contributed by atoms with Gasteiger partial charge in [0.15, 0.2) is 0 Å². The molecule has 1 fully saturated rings. The second-order valence-electron chi connectivity index (χ2n) is 6.46. The Balaban J connectivity index is 0.00000225. The Morgan fingerprint density at radius 3 is 2.36 bits per heavy atom. The highest BCUT2D eigenvalue weighted by atomic mass is 35.5. The van der Waals surface area contributed by atoms with E-state index >= 15 is 0 Å². The molecule has 1 aromatic heterocycles. The summed E-state index contributed by atoms with van der Waals surface area (Å²) >= 11 is 0. The van der Waals surface area contributed by atoms with E-state index < -0.39 is 10.0 Å². The van der Waals surface area contributed by atoms with Gasteiger partial charge in [-0.25, -0.2) is 8.42 Å². The fourth-order valence-electron chi connectivity index (χ4n) is 3.60. The topological polar surface area (TPSA) is 81.2 Å². The number of rotatable bonds is 4. The van der Waals surface area contributed by atoms with E-state index in [0.717, 1.165) is 5.56 Å². The Morgan fingerprint density at radius 2 is 1.84 bits per heavy atom. The van der Waals surface area contributed by atoms with Crippen LogP contribution in [0.25, 0.3) is 0 Å².